The molecule has 0 radical (unpaired) electrons. The molecular weight excluding hydrogens is 989 g/mol. The number of Topliss-reactive ketones (excluding diaryl/α,β-unsaturated/α-hetero) is 1. The minimum Gasteiger partial charge on any atom is -0.507 e. The van der Waals surface area contributed by atoms with Crippen molar-refractivity contribution in [2.45, 2.75) is 217 Å². The Balaban J connectivity index is 0.845. The van der Waals surface area contributed by atoms with Crippen LogP contribution in [0.2, 0.25) is 0 Å². The topological polar surface area (TPSA) is 213 Å². The number of ketones is 1. The molecule has 4 heterocycles. The van der Waals surface area contributed by atoms with Crippen LogP contribution in [-0.2, 0) is 14.2 Å². The molecule has 8 saturated carbocycles. The minimum atomic E-state index is -1.78. The van der Waals surface area contributed by atoms with Crippen LogP contribution in [-0.4, -0.2) is 110 Å². The molecule has 7 N–H and O–H groups in total. The van der Waals surface area contributed by atoms with E-state index in [1.165, 1.54) is 133 Å². The first-order valence-corrected chi connectivity index (χ1v) is 30.9. The van der Waals surface area contributed by atoms with E-state index in [9.17, 15) is 45.3 Å². The molecular formula is C65H84O13. The number of fused-ring (bicyclic) bond motifs is 5. The smallest absolute Gasteiger partial charge is 0.335 e. The highest BCUT2D eigenvalue weighted by molar-refractivity contribution is 6.11. The highest BCUT2D eigenvalue weighted by Crippen LogP contribution is 2.81. The first-order valence-electron chi connectivity index (χ1n) is 30.9. The quantitative estimate of drug-likeness (QED) is 0.102. The molecule has 3 saturated heterocycles. The maximum absolute atomic E-state index is 13.4. The summed E-state index contributed by atoms with van der Waals surface area (Å²) in [6, 6.07) is 2.37. The Labute approximate surface area is 458 Å². The van der Waals surface area contributed by atoms with Crippen LogP contribution in [0.15, 0.2) is 34.9 Å². The maximum Gasteiger partial charge on any atom is 0.335 e. The second-order valence-corrected chi connectivity index (χ2v) is 29.0. The molecule has 13 heteroatoms. The van der Waals surface area contributed by atoms with Gasteiger partial charge in [0.2, 0.25) is 6.29 Å². The summed E-state index contributed by atoms with van der Waals surface area (Å²) >= 11 is 0. The van der Waals surface area contributed by atoms with E-state index in [4.69, 9.17) is 18.9 Å². The lowest BCUT2D eigenvalue weighted by molar-refractivity contribution is -0.339. The van der Waals surface area contributed by atoms with Gasteiger partial charge in [0.1, 0.15) is 41.2 Å². The predicted octanol–water partition coefficient (Wildman–Crippen LogP) is 10.5. The highest BCUT2D eigenvalue weighted by atomic mass is 16.7. The van der Waals surface area contributed by atoms with Crippen molar-refractivity contribution >= 4 is 22.5 Å². The standard InChI is InChI=1S/C65H84O13/c1-34-47(35(2)67)52(69)49-41(51(34)68)24-36(57(73)74)25-45(49)76-58-53(70)54(71)65-28-42-43-27-59(19-21-62(31-59)18-13-39-9-5-8-38-10-6-16-61(38)20-22-64(39,62)32-61)26-37-30-75-33-63(50(37)43,17-7-23-66)44-12-11-40(48(42)44)46(78-65)29-60(14-3-4-15-60)55(72)56(65)77-58/h12,24-25,37-39,42-43,46,50,53-56,58,66,68-72H,3-11,13-23,26-33H2,1-2H3,(H,73,74)/t37-,38-,39+,42+,43+,46-,50+,53-,54-,55+,56-,58-,59-,61-,62+,63+,64-,65+/m1/s1. The number of hydrogen-bond donors (Lipinski definition) is 7. The summed E-state index contributed by atoms with van der Waals surface area (Å²) in [4.78, 5) is 25.7. The van der Waals surface area contributed by atoms with Crippen molar-refractivity contribution in [1.82, 2.24) is 0 Å². The summed E-state index contributed by atoms with van der Waals surface area (Å²) in [5.41, 5.74) is 2.50. The SMILES string of the molecule is CC(=O)c1c(C)c(O)c2cc(C(=O)O)cc(O[C@@H]3O[C@@H]4[C@H](O)C5(CCCC5)C[C@H]5O[C@@]4(C[C@@H]4C6=C5CC=C6[C@]5(CCCO)COC[C@H]6C[C@]7(CC[C@@]8(CC[C@@H]9CCC[C@@H]%10CCC[C@]%10%11CC[C@@]98C%11)C7)C[C@@H]4[C@H]65)[C@H](O)[C@H]3O)c2c1O. The number of aromatic hydroxyl groups is 2. The Morgan fingerprint density at radius 1 is 0.821 bits per heavy atom. The first-order chi connectivity index (χ1) is 37.5. The lowest BCUT2D eigenvalue weighted by atomic mass is 9.42. The van der Waals surface area contributed by atoms with Crippen LogP contribution in [0, 0.1) is 74.9 Å². The first kappa shape index (κ1) is 51.3. The van der Waals surface area contributed by atoms with Crippen LogP contribution >= 0.6 is 0 Å². The lowest BCUT2D eigenvalue weighted by Crippen LogP contribution is -2.72. The van der Waals surface area contributed by atoms with E-state index in [2.05, 4.69) is 6.08 Å². The molecule has 9 aliphatic carbocycles. The Bertz CT molecular complexity index is 2940. The number of phenols is 2. The number of carboxylic acids is 1. The van der Waals surface area contributed by atoms with Crippen molar-refractivity contribution in [1.29, 1.82) is 0 Å². The normalized spacial score (nSPS) is 46.3. The third-order valence-corrected chi connectivity index (χ3v) is 26.3. The summed E-state index contributed by atoms with van der Waals surface area (Å²) in [7, 11) is 0. The number of benzene rings is 2. The molecule has 0 unspecified atom stereocenters. The zero-order chi connectivity index (χ0) is 53.7. The largest absolute Gasteiger partial charge is 0.507 e. The molecule has 15 rings (SSSR count). The number of aliphatic hydroxyl groups is 4. The zero-order valence-electron chi connectivity index (χ0n) is 46.0. The van der Waals surface area contributed by atoms with Gasteiger partial charge in [0, 0.05) is 35.0 Å². The monoisotopic (exact) mass is 1070 g/mol. The zero-order valence-corrected chi connectivity index (χ0v) is 46.0. The number of rotatable bonds is 7. The molecule has 2 aromatic carbocycles. The highest BCUT2D eigenvalue weighted by Gasteiger charge is 2.74. The third-order valence-electron chi connectivity index (χ3n) is 26.3. The van der Waals surface area contributed by atoms with Crippen LogP contribution in [0.3, 0.4) is 0 Å². The summed E-state index contributed by atoms with van der Waals surface area (Å²) < 4.78 is 28.3. The van der Waals surface area contributed by atoms with E-state index >= 15 is 0 Å². The Kier molecular flexibility index (Phi) is 11.5. The van der Waals surface area contributed by atoms with Crippen molar-refractivity contribution < 1.29 is 64.3 Å². The fraction of sp³-hybridized carbons (Fsp3) is 0.754. The number of ether oxygens (including phenoxy) is 4. The average Bonchev–Trinajstić information content (AvgIpc) is 2.62. The van der Waals surface area contributed by atoms with Gasteiger partial charge in [-0.2, -0.15) is 0 Å². The molecule has 4 aliphatic heterocycles. The third kappa shape index (κ3) is 6.67. The lowest BCUT2D eigenvalue weighted by Gasteiger charge is -2.64. The van der Waals surface area contributed by atoms with E-state index in [1.807, 2.05) is 0 Å². The van der Waals surface area contributed by atoms with Gasteiger partial charge in [0.15, 0.2) is 5.78 Å². The number of carboxylic acid groups (broad SMARTS) is 1. The van der Waals surface area contributed by atoms with Crippen LogP contribution in [0.25, 0.3) is 10.8 Å². The van der Waals surface area contributed by atoms with Crippen LogP contribution in [0.4, 0.5) is 0 Å². The van der Waals surface area contributed by atoms with Crippen molar-refractivity contribution in [3.63, 3.8) is 0 Å². The van der Waals surface area contributed by atoms with Crippen molar-refractivity contribution in [2.24, 2.45) is 68.0 Å². The Morgan fingerprint density at radius 3 is 2.41 bits per heavy atom. The summed E-state index contributed by atoms with van der Waals surface area (Å²) in [5, 5.41) is 83.5. The number of hydrogen-bond acceptors (Lipinski definition) is 12. The molecule has 6 spiro atoms. The van der Waals surface area contributed by atoms with Gasteiger partial charge < -0.3 is 54.7 Å². The second kappa shape index (κ2) is 17.5. The maximum atomic E-state index is 13.4. The van der Waals surface area contributed by atoms with E-state index in [1.54, 1.807) is 0 Å². The van der Waals surface area contributed by atoms with Crippen molar-refractivity contribution in [3.05, 3.63) is 51.6 Å². The van der Waals surface area contributed by atoms with E-state index in [-0.39, 0.29) is 68.4 Å². The molecule has 13 aliphatic rings. The van der Waals surface area contributed by atoms with Gasteiger partial charge in [0.05, 0.1) is 35.3 Å². The molecule has 0 amide bonds. The van der Waals surface area contributed by atoms with Gasteiger partial charge in [-0.05, 0) is 235 Å². The molecule has 2 aromatic rings. The van der Waals surface area contributed by atoms with E-state index < -0.39 is 71.1 Å². The Morgan fingerprint density at radius 2 is 1.62 bits per heavy atom. The van der Waals surface area contributed by atoms with Crippen LogP contribution < -0.4 is 4.74 Å². The Hall–Kier alpha value is -3.56. The fourth-order valence-corrected chi connectivity index (χ4v) is 23.6. The number of allylic oxidation sites excluding steroid dienone is 2. The van der Waals surface area contributed by atoms with Gasteiger partial charge in [0.25, 0.3) is 0 Å². The number of carbonyl (C=O) groups excluding carboxylic acids is 1. The number of aliphatic hydroxyl groups excluding tert-OH is 4. The number of phenolic OH excluding ortho intramolecular Hbond substituents is 2. The molecule has 4 bridgehead atoms. The average molecular weight is 1070 g/mol. The molecule has 78 heavy (non-hydrogen) atoms. The predicted molar refractivity (Wildman–Crippen MR) is 288 cm³/mol. The number of aromatic carboxylic acids is 1. The minimum absolute atomic E-state index is 0.0710. The molecule has 11 fully saturated rings. The summed E-state index contributed by atoms with van der Waals surface area (Å²) in [6.07, 6.45) is 22.5. The van der Waals surface area contributed by atoms with Gasteiger partial charge in [-0.3, -0.25) is 4.79 Å². The van der Waals surface area contributed by atoms with E-state index in [0.29, 0.717) is 54.5 Å². The fourth-order valence-electron chi connectivity index (χ4n) is 23.6. The second-order valence-electron chi connectivity index (χ2n) is 29.0. The van der Waals surface area contributed by atoms with Crippen LogP contribution in [0.5, 0.6) is 17.2 Å². The molecule has 18 atom stereocenters. The summed E-state index contributed by atoms with van der Waals surface area (Å²) in [6.45, 7) is 4.18. The van der Waals surface area contributed by atoms with Gasteiger partial charge >= 0.3 is 5.97 Å². The van der Waals surface area contributed by atoms with Gasteiger partial charge in [-0.1, -0.05) is 31.8 Å². The molecule has 422 valence electrons. The van der Waals surface area contributed by atoms with Crippen molar-refractivity contribution in [3.8, 4) is 17.2 Å². The molecule has 13 nitrogen and oxygen atoms in total. The summed E-state index contributed by atoms with van der Waals surface area (Å²) in [5.74, 6) is -0.623. The van der Waals surface area contributed by atoms with Crippen molar-refractivity contribution in [2.75, 3.05) is 19.8 Å². The van der Waals surface area contributed by atoms with Gasteiger partial charge in [-0.25, -0.2) is 4.79 Å². The van der Waals surface area contributed by atoms with E-state index in [0.717, 1.165) is 63.4 Å². The number of carbonyl (C=O) groups is 2. The molecule has 0 aromatic heterocycles. The van der Waals surface area contributed by atoms with Gasteiger partial charge in [-0.15, -0.1) is 0 Å². The van der Waals surface area contributed by atoms with Crippen LogP contribution in [0.1, 0.15) is 194 Å².